The van der Waals surface area contributed by atoms with E-state index in [9.17, 15) is 13.6 Å². The largest absolute Gasteiger partial charge is 0.478 e. The van der Waals surface area contributed by atoms with Crippen molar-refractivity contribution in [1.29, 1.82) is 0 Å². The van der Waals surface area contributed by atoms with Crippen LogP contribution in [0.3, 0.4) is 0 Å². The molecule has 1 heterocycles. The molecule has 8 heteroatoms. The maximum Gasteiger partial charge on any atom is 0.296 e. The van der Waals surface area contributed by atoms with E-state index in [4.69, 9.17) is 9.26 Å². The number of alkyl halides is 2. The molecule has 184 valence electrons. The van der Waals surface area contributed by atoms with Crippen LogP contribution >= 0.6 is 9.47 Å². The fourth-order valence-corrected chi connectivity index (χ4v) is 4.17. The van der Waals surface area contributed by atoms with Gasteiger partial charge in [0.05, 0.1) is 15.0 Å². The van der Waals surface area contributed by atoms with E-state index in [1.165, 1.54) is 18.2 Å². The van der Waals surface area contributed by atoms with Crippen LogP contribution in [0.5, 0.6) is 5.75 Å². The van der Waals surface area contributed by atoms with E-state index in [0.717, 1.165) is 49.7 Å². The average molecular weight is 491 g/mol. The van der Waals surface area contributed by atoms with Crippen LogP contribution in [0.15, 0.2) is 59.4 Å². The normalized spacial score (nSPS) is 12.7. The molecule has 0 saturated carbocycles. The van der Waals surface area contributed by atoms with Crippen LogP contribution in [0, 0.1) is 0 Å². The highest BCUT2D eigenvalue weighted by molar-refractivity contribution is 7.10. The Morgan fingerprint density at radius 1 is 1.03 bits per heavy atom. The number of unbranched alkanes of at least 4 members (excludes halogenated alkanes) is 3. The molecule has 2 aromatic carbocycles. The van der Waals surface area contributed by atoms with Gasteiger partial charge in [-0.2, -0.15) is 8.78 Å². The van der Waals surface area contributed by atoms with Crippen molar-refractivity contribution < 1.29 is 18.0 Å². The van der Waals surface area contributed by atoms with Crippen molar-refractivity contribution in [3.63, 3.8) is 0 Å². The Bertz CT molecular complexity index is 1090. The summed E-state index contributed by atoms with van der Waals surface area (Å²) in [5.74, 6) is -2.08. The molecule has 0 amide bonds. The second-order valence-electron chi connectivity index (χ2n) is 8.52. The summed E-state index contributed by atoms with van der Waals surface area (Å²) in [6, 6.07) is 15.1. The quantitative estimate of drug-likeness (QED) is 0.223. The van der Waals surface area contributed by atoms with Crippen molar-refractivity contribution in [3.8, 4) is 5.75 Å². The number of hydrogen-bond donors (Lipinski definition) is 2. The number of fused-ring (bicyclic) bond motifs is 1. The van der Waals surface area contributed by atoms with Gasteiger partial charge in [-0.15, -0.1) is 0 Å². The minimum atomic E-state index is -2.95. The summed E-state index contributed by atoms with van der Waals surface area (Å²) in [5, 5.41) is 4.47. The van der Waals surface area contributed by atoms with Gasteiger partial charge in [-0.25, -0.2) is 0 Å². The fraction of sp³-hybridized carbons (Fsp3) is 0.423. The van der Waals surface area contributed by atoms with Crippen molar-refractivity contribution in [2.24, 2.45) is 0 Å². The highest BCUT2D eigenvalue weighted by Crippen LogP contribution is 2.31. The zero-order valence-corrected chi connectivity index (χ0v) is 20.6. The molecule has 34 heavy (non-hydrogen) atoms. The van der Waals surface area contributed by atoms with E-state index in [2.05, 4.69) is 26.7 Å². The Kier molecular flexibility index (Phi) is 10.00. The predicted molar refractivity (Wildman–Crippen MR) is 136 cm³/mol. The topological polar surface area (TPSA) is 63.4 Å². The first-order valence-electron chi connectivity index (χ1n) is 11.7. The molecule has 0 radical (unpaired) electrons. The molecule has 1 unspecified atom stereocenters. The van der Waals surface area contributed by atoms with Gasteiger partial charge in [-0.3, -0.25) is 4.79 Å². The maximum atomic E-state index is 14.0. The monoisotopic (exact) mass is 490 g/mol. The lowest BCUT2D eigenvalue weighted by Crippen LogP contribution is -2.22. The average Bonchev–Trinajstić information content (AvgIpc) is 2.84. The minimum absolute atomic E-state index is 0.00905. The van der Waals surface area contributed by atoms with Crippen LogP contribution in [0.2, 0.25) is 0 Å². The number of H-pyrrole nitrogens is 1. The molecule has 0 aliphatic carbocycles. The number of rotatable bonds is 14. The standard InChI is InChI=1S/C26H33F2N2O3P/c1-19(21-11-13-23(33-34)25-22(21)12-14-24(31)30-25)17-29-15-7-2-3-8-16-32-18-26(27,28)20-9-5-4-6-10-20/h4-6,9-14,19,29H,2-3,7-8,15-18,34H2,1H3,(H,30,31)/t19-/m0/s1. The van der Waals surface area contributed by atoms with E-state index >= 15 is 0 Å². The molecule has 3 aromatic rings. The van der Waals surface area contributed by atoms with E-state index in [1.54, 1.807) is 18.2 Å². The number of halogens is 2. The van der Waals surface area contributed by atoms with Gasteiger partial charge >= 0.3 is 0 Å². The first-order valence-corrected chi connectivity index (χ1v) is 12.1. The fourth-order valence-electron chi connectivity index (χ4n) is 3.98. The van der Waals surface area contributed by atoms with E-state index in [-0.39, 0.29) is 17.0 Å². The van der Waals surface area contributed by atoms with Crippen molar-refractivity contribution >= 4 is 20.4 Å². The Labute approximate surface area is 201 Å². The van der Waals surface area contributed by atoms with Crippen molar-refractivity contribution in [3.05, 3.63) is 76.1 Å². The van der Waals surface area contributed by atoms with Crippen molar-refractivity contribution in [2.75, 3.05) is 26.3 Å². The molecule has 0 aliphatic rings. The Morgan fingerprint density at radius 3 is 2.56 bits per heavy atom. The van der Waals surface area contributed by atoms with Gasteiger partial charge in [0.1, 0.15) is 12.4 Å². The number of hydrogen-bond acceptors (Lipinski definition) is 4. The first-order chi connectivity index (χ1) is 16.4. The molecular formula is C26H33F2N2O3P. The third-order valence-corrected chi connectivity index (χ3v) is 6.12. The lowest BCUT2D eigenvalue weighted by Gasteiger charge is -2.17. The molecule has 3 rings (SSSR count). The zero-order valence-electron chi connectivity index (χ0n) is 19.5. The smallest absolute Gasteiger partial charge is 0.296 e. The number of benzene rings is 2. The molecule has 0 spiro atoms. The van der Waals surface area contributed by atoms with E-state index in [1.807, 2.05) is 18.2 Å². The number of aromatic amines is 1. The van der Waals surface area contributed by atoms with Crippen LogP contribution in [0.4, 0.5) is 8.78 Å². The third-order valence-electron chi connectivity index (χ3n) is 5.87. The first kappa shape index (κ1) is 26.3. The van der Waals surface area contributed by atoms with Gasteiger partial charge in [0, 0.05) is 30.2 Å². The van der Waals surface area contributed by atoms with Crippen LogP contribution in [0.25, 0.3) is 10.9 Å². The molecule has 2 N–H and O–H groups in total. The van der Waals surface area contributed by atoms with Gasteiger partial charge < -0.3 is 19.6 Å². The summed E-state index contributed by atoms with van der Waals surface area (Å²) in [4.78, 5) is 14.6. The molecule has 5 nitrogen and oxygen atoms in total. The zero-order chi connectivity index (χ0) is 24.4. The molecule has 1 aromatic heterocycles. The van der Waals surface area contributed by atoms with Crippen molar-refractivity contribution in [1.82, 2.24) is 10.3 Å². The lowest BCUT2D eigenvalue weighted by atomic mass is 9.96. The number of pyridine rings is 1. The minimum Gasteiger partial charge on any atom is -0.478 e. The number of aromatic nitrogens is 1. The van der Waals surface area contributed by atoms with Gasteiger partial charge in [0.2, 0.25) is 5.56 Å². The molecule has 0 bridgehead atoms. The third kappa shape index (κ3) is 7.33. The maximum absolute atomic E-state index is 14.0. The second-order valence-corrected chi connectivity index (χ2v) is 8.76. The summed E-state index contributed by atoms with van der Waals surface area (Å²) in [6.45, 7) is 3.61. The molecular weight excluding hydrogens is 457 g/mol. The Morgan fingerprint density at radius 2 is 1.79 bits per heavy atom. The second kappa shape index (κ2) is 12.9. The van der Waals surface area contributed by atoms with Crippen LogP contribution in [-0.2, 0) is 10.7 Å². The van der Waals surface area contributed by atoms with Crippen LogP contribution in [-0.4, -0.2) is 31.3 Å². The summed E-state index contributed by atoms with van der Waals surface area (Å²) in [7, 11) is 2.22. The molecule has 0 fully saturated rings. The van der Waals surface area contributed by atoms with Gasteiger partial charge in [-0.1, -0.05) is 56.2 Å². The predicted octanol–water partition coefficient (Wildman–Crippen LogP) is 5.76. The molecule has 0 saturated heterocycles. The summed E-state index contributed by atoms with van der Waals surface area (Å²) >= 11 is 0. The SMILES string of the molecule is C[C@@H](CNCCCCCCOCC(F)(F)c1ccccc1)c1ccc(OP)c2[nH]c(=O)ccc12. The Balaban J connectivity index is 1.31. The van der Waals surface area contributed by atoms with Crippen molar-refractivity contribution in [2.45, 2.75) is 44.4 Å². The van der Waals surface area contributed by atoms with Gasteiger partial charge in [0.15, 0.2) is 0 Å². The summed E-state index contributed by atoms with van der Waals surface area (Å²) < 4.78 is 38.6. The van der Waals surface area contributed by atoms with E-state index < -0.39 is 12.5 Å². The van der Waals surface area contributed by atoms with E-state index in [0.29, 0.717) is 17.9 Å². The highest BCUT2D eigenvalue weighted by Gasteiger charge is 2.31. The summed E-state index contributed by atoms with van der Waals surface area (Å²) in [6.07, 6.45) is 3.75. The molecule has 0 aliphatic heterocycles. The van der Waals surface area contributed by atoms with Gasteiger partial charge in [-0.05, 0) is 43.0 Å². The summed E-state index contributed by atoms with van der Waals surface area (Å²) in [5.41, 5.74) is 1.68. The molecule has 2 atom stereocenters. The number of nitrogens with one attached hydrogen (secondary N) is 2. The number of ether oxygens (including phenoxy) is 1. The van der Waals surface area contributed by atoms with Gasteiger partial charge in [0.25, 0.3) is 5.92 Å². The lowest BCUT2D eigenvalue weighted by molar-refractivity contribution is -0.0831. The van der Waals surface area contributed by atoms with Crippen LogP contribution < -0.4 is 15.4 Å². The van der Waals surface area contributed by atoms with Crippen LogP contribution in [0.1, 0.15) is 49.7 Å². The highest BCUT2D eigenvalue weighted by atomic mass is 31.0. The Hall–Kier alpha value is -2.34.